The lowest BCUT2D eigenvalue weighted by Gasteiger charge is -2.30. The molecule has 2 heterocycles. The molecule has 4 rings (SSSR count). The normalized spacial score (nSPS) is 15.5. The molecule has 0 spiro atoms. The summed E-state index contributed by atoms with van der Waals surface area (Å²) in [7, 11) is -3.82. The lowest BCUT2D eigenvalue weighted by Crippen LogP contribution is -2.41. The van der Waals surface area contributed by atoms with Crippen LogP contribution in [-0.4, -0.2) is 43.1 Å². The van der Waals surface area contributed by atoms with Gasteiger partial charge in [0, 0.05) is 29.6 Å². The van der Waals surface area contributed by atoms with Crippen LogP contribution >= 0.6 is 11.8 Å². The summed E-state index contributed by atoms with van der Waals surface area (Å²) in [5.41, 5.74) is 3.15. The van der Waals surface area contributed by atoms with E-state index >= 15 is 0 Å². The van der Waals surface area contributed by atoms with E-state index in [0.29, 0.717) is 18.5 Å². The van der Waals surface area contributed by atoms with Gasteiger partial charge in [-0.1, -0.05) is 47.1 Å². The molecule has 3 aromatic rings. The van der Waals surface area contributed by atoms with Crippen LogP contribution in [-0.2, 0) is 14.8 Å². The molecule has 0 unspecified atom stereocenters. The number of piperidine rings is 1. The van der Waals surface area contributed by atoms with E-state index in [1.165, 1.54) is 4.31 Å². The molecule has 0 bridgehead atoms. The fourth-order valence-corrected chi connectivity index (χ4v) is 6.26. The molecule has 184 valence electrons. The third kappa shape index (κ3) is 5.86. The Balaban J connectivity index is 1.44. The van der Waals surface area contributed by atoms with Gasteiger partial charge >= 0.3 is 0 Å². The fraction of sp³-hybridized carbons (Fsp3) is 0.308. The van der Waals surface area contributed by atoms with Crippen molar-refractivity contribution < 1.29 is 17.7 Å². The van der Waals surface area contributed by atoms with Gasteiger partial charge in [0.25, 0.3) is 0 Å². The van der Waals surface area contributed by atoms with Crippen LogP contribution in [0.1, 0.15) is 35.4 Å². The standard InChI is InChI=1S/C26H29N3O4S2/c1-18-7-9-20(10-8-18)11-12-24-25(19(2)28-33-24)35(31,32)29-15-13-21(14-16-29)26(30)27-22-5-4-6-23(17-22)34-3/h4-12,17,21H,13-16H2,1-3H3,(H,27,30). The molecule has 7 nitrogen and oxygen atoms in total. The molecule has 1 aromatic heterocycles. The lowest BCUT2D eigenvalue weighted by atomic mass is 9.97. The minimum atomic E-state index is -3.82. The Bertz CT molecular complexity index is 1320. The van der Waals surface area contributed by atoms with E-state index in [9.17, 15) is 13.2 Å². The second-order valence-electron chi connectivity index (χ2n) is 8.60. The van der Waals surface area contributed by atoms with Gasteiger partial charge in [-0.3, -0.25) is 4.79 Å². The van der Waals surface area contributed by atoms with Crippen LogP contribution in [0.25, 0.3) is 12.2 Å². The van der Waals surface area contributed by atoms with Crippen molar-refractivity contribution in [1.82, 2.24) is 9.46 Å². The summed E-state index contributed by atoms with van der Waals surface area (Å²) < 4.78 is 33.7. The average Bonchev–Trinajstić information content (AvgIpc) is 3.25. The minimum Gasteiger partial charge on any atom is -0.355 e. The molecule has 35 heavy (non-hydrogen) atoms. The zero-order chi connectivity index (χ0) is 25.0. The Labute approximate surface area is 210 Å². The largest absolute Gasteiger partial charge is 0.355 e. The maximum absolute atomic E-state index is 13.5. The second kappa shape index (κ2) is 10.8. The molecule has 1 aliphatic heterocycles. The van der Waals surface area contributed by atoms with Crippen molar-refractivity contribution in [3.8, 4) is 0 Å². The highest BCUT2D eigenvalue weighted by molar-refractivity contribution is 7.98. The van der Waals surface area contributed by atoms with Gasteiger partial charge in [0.2, 0.25) is 15.9 Å². The van der Waals surface area contributed by atoms with E-state index in [1.807, 2.05) is 61.7 Å². The SMILES string of the molecule is CSc1cccc(NC(=O)C2CCN(S(=O)(=O)c3c(C)noc3C=Cc3ccc(C)cc3)CC2)c1. The van der Waals surface area contributed by atoms with Crippen LogP contribution in [0.5, 0.6) is 0 Å². The lowest BCUT2D eigenvalue weighted by molar-refractivity contribution is -0.120. The number of thioether (sulfide) groups is 1. The smallest absolute Gasteiger partial charge is 0.248 e. The Morgan fingerprint density at radius 2 is 1.83 bits per heavy atom. The van der Waals surface area contributed by atoms with E-state index in [0.717, 1.165) is 21.7 Å². The zero-order valence-electron chi connectivity index (χ0n) is 20.0. The van der Waals surface area contributed by atoms with Crippen molar-refractivity contribution in [2.45, 2.75) is 36.5 Å². The van der Waals surface area contributed by atoms with Crippen molar-refractivity contribution in [3.63, 3.8) is 0 Å². The molecule has 1 fully saturated rings. The number of carbonyl (C=O) groups is 1. The maximum atomic E-state index is 13.5. The molecular weight excluding hydrogens is 482 g/mol. The third-order valence-corrected chi connectivity index (χ3v) is 8.88. The molecule has 1 N–H and O–H groups in total. The number of aryl methyl sites for hydroxylation is 2. The van der Waals surface area contributed by atoms with E-state index in [4.69, 9.17) is 4.52 Å². The van der Waals surface area contributed by atoms with Crippen LogP contribution in [0.3, 0.4) is 0 Å². The topological polar surface area (TPSA) is 92.5 Å². The van der Waals surface area contributed by atoms with Crippen LogP contribution in [0, 0.1) is 19.8 Å². The number of anilines is 1. The van der Waals surface area contributed by atoms with Crippen molar-refractivity contribution in [3.05, 3.63) is 71.1 Å². The van der Waals surface area contributed by atoms with Crippen molar-refractivity contribution in [2.24, 2.45) is 5.92 Å². The Kier molecular flexibility index (Phi) is 7.78. The first-order valence-corrected chi connectivity index (χ1v) is 14.1. The quantitative estimate of drug-likeness (QED) is 0.437. The molecule has 0 aliphatic carbocycles. The van der Waals surface area contributed by atoms with Gasteiger partial charge < -0.3 is 9.84 Å². The van der Waals surface area contributed by atoms with E-state index < -0.39 is 10.0 Å². The van der Waals surface area contributed by atoms with Crippen LogP contribution in [0.15, 0.2) is 62.8 Å². The minimum absolute atomic E-state index is 0.0804. The fourth-order valence-electron chi connectivity index (χ4n) is 4.08. The number of benzene rings is 2. The first kappa shape index (κ1) is 25.2. The molecule has 0 radical (unpaired) electrons. The van der Waals surface area contributed by atoms with Gasteiger partial charge in [0.1, 0.15) is 5.69 Å². The van der Waals surface area contributed by atoms with E-state index in [2.05, 4.69) is 10.5 Å². The molecule has 2 aromatic carbocycles. The predicted octanol–water partition coefficient (Wildman–Crippen LogP) is 5.22. The number of sulfonamides is 1. The highest BCUT2D eigenvalue weighted by atomic mass is 32.2. The van der Waals surface area contributed by atoms with E-state index in [1.54, 1.807) is 30.8 Å². The van der Waals surface area contributed by atoms with Gasteiger partial charge in [-0.05, 0) is 62.8 Å². The third-order valence-electron chi connectivity index (χ3n) is 6.10. The predicted molar refractivity (Wildman–Crippen MR) is 140 cm³/mol. The average molecular weight is 512 g/mol. The molecule has 1 aliphatic rings. The summed E-state index contributed by atoms with van der Waals surface area (Å²) in [6.45, 7) is 4.16. The molecule has 1 saturated heterocycles. The maximum Gasteiger partial charge on any atom is 0.248 e. The van der Waals surface area contributed by atoms with Gasteiger partial charge in [0.05, 0.1) is 0 Å². The van der Waals surface area contributed by atoms with Crippen LogP contribution in [0.2, 0.25) is 0 Å². The molecule has 1 amide bonds. The Morgan fingerprint density at radius 3 is 2.51 bits per heavy atom. The summed E-state index contributed by atoms with van der Waals surface area (Å²) in [6, 6.07) is 15.6. The Morgan fingerprint density at radius 1 is 1.11 bits per heavy atom. The highest BCUT2D eigenvalue weighted by Crippen LogP contribution is 2.30. The summed E-state index contributed by atoms with van der Waals surface area (Å²) >= 11 is 1.61. The van der Waals surface area contributed by atoms with Crippen molar-refractivity contribution >= 4 is 45.5 Å². The van der Waals surface area contributed by atoms with Gasteiger partial charge in [-0.15, -0.1) is 11.8 Å². The number of aromatic nitrogens is 1. The number of amides is 1. The summed E-state index contributed by atoms with van der Waals surface area (Å²) in [5.74, 6) is -0.122. The Hall–Kier alpha value is -2.88. The van der Waals surface area contributed by atoms with Gasteiger partial charge in [-0.25, -0.2) is 8.42 Å². The number of hydrogen-bond acceptors (Lipinski definition) is 6. The molecular formula is C26H29N3O4S2. The molecule has 0 atom stereocenters. The van der Waals surface area contributed by atoms with Crippen LogP contribution < -0.4 is 5.32 Å². The van der Waals surface area contributed by atoms with Gasteiger partial charge in [0.15, 0.2) is 10.7 Å². The molecule has 9 heteroatoms. The number of nitrogens with zero attached hydrogens (tertiary/aromatic N) is 2. The monoisotopic (exact) mass is 511 g/mol. The van der Waals surface area contributed by atoms with Crippen molar-refractivity contribution in [2.75, 3.05) is 24.7 Å². The van der Waals surface area contributed by atoms with Crippen molar-refractivity contribution in [1.29, 1.82) is 0 Å². The summed E-state index contributed by atoms with van der Waals surface area (Å²) in [4.78, 5) is 13.9. The number of carbonyl (C=O) groups excluding carboxylic acids is 1. The van der Waals surface area contributed by atoms with Gasteiger partial charge in [-0.2, -0.15) is 4.31 Å². The summed E-state index contributed by atoms with van der Waals surface area (Å²) in [5, 5.41) is 6.88. The number of rotatable bonds is 7. The number of nitrogens with one attached hydrogen (secondary N) is 1. The second-order valence-corrected chi connectivity index (χ2v) is 11.4. The zero-order valence-corrected chi connectivity index (χ0v) is 21.7. The summed E-state index contributed by atoms with van der Waals surface area (Å²) in [6.07, 6.45) is 6.33. The first-order chi connectivity index (χ1) is 16.8. The molecule has 0 saturated carbocycles. The first-order valence-electron chi connectivity index (χ1n) is 11.4. The van der Waals surface area contributed by atoms with Crippen LogP contribution in [0.4, 0.5) is 5.69 Å². The van der Waals surface area contributed by atoms with E-state index in [-0.39, 0.29) is 35.6 Å². The number of hydrogen-bond donors (Lipinski definition) is 1. The highest BCUT2D eigenvalue weighted by Gasteiger charge is 2.36.